The molecule has 0 fully saturated rings. The molecule has 0 aliphatic carbocycles. The van der Waals surface area contributed by atoms with Crippen LogP contribution in [0.4, 0.5) is 0 Å². The molecule has 4 heteroatoms. The molecule has 0 aromatic rings. The van der Waals surface area contributed by atoms with Gasteiger partial charge in [-0.05, 0) is 6.92 Å². The van der Waals surface area contributed by atoms with E-state index in [-0.39, 0.29) is 19.8 Å². The third kappa shape index (κ3) is 5.06. The van der Waals surface area contributed by atoms with Gasteiger partial charge in [0.25, 0.3) is 0 Å². The normalized spacial score (nSPS) is 8.40. The molecular formula is C6H8NO3. The van der Waals surface area contributed by atoms with Crippen LogP contribution in [0.3, 0.4) is 0 Å². The minimum atomic E-state index is -0.495. The van der Waals surface area contributed by atoms with Gasteiger partial charge in [0.15, 0.2) is 0 Å². The van der Waals surface area contributed by atoms with E-state index < -0.39 is 5.97 Å². The summed E-state index contributed by atoms with van der Waals surface area (Å²) in [6, 6.07) is 1.72. The molecule has 0 unspecified atom stereocenters. The predicted molar refractivity (Wildman–Crippen MR) is 32.7 cm³/mol. The minimum absolute atomic E-state index is 0.0910. The molecule has 55 valence electrons. The summed E-state index contributed by atoms with van der Waals surface area (Å²) in [4.78, 5) is 10.4. The quantitative estimate of drug-likeness (QED) is 0.406. The van der Waals surface area contributed by atoms with Gasteiger partial charge >= 0.3 is 5.97 Å². The molecule has 4 nitrogen and oxygen atoms in total. The van der Waals surface area contributed by atoms with Crippen molar-refractivity contribution < 1.29 is 14.3 Å². The second kappa shape index (κ2) is 6.05. The van der Waals surface area contributed by atoms with E-state index in [1.807, 2.05) is 0 Å². The van der Waals surface area contributed by atoms with Crippen molar-refractivity contribution in [2.24, 2.45) is 0 Å². The van der Waals surface area contributed by atoms with E-state index in [9.17, 15) is 4.79 Å². The van der Waals surface area contributed by atoms with Gasteiger partial charge in [-0.25, -0.2) is 4.79 Å². The Bertz CT molecular complexity index is 138. The van der Waals surface area contributed by atoms with Crippen LogP contribution < -0.4 is 0 Å². The summed E-state index contributed by atoms with van der Waals surface area (Å²) < 4.78 is 8.94. The maximum atomic E-state index is 10.4. The molecule has 0 aromatic heterocycles. The first kappa shape index (κ1) is 8.92. The number of hydrogen-bond donors (Lipinski definition) is 0. The van der Waals surface area contributed by atoms with E-state index in [1.54, 1.807) is 6.07 Å². The van der Waals surface area contributed by atoms with Crippen LogP contribution in [0.15, 0.2) is 0 Å². The molecule has 0 N–H and O–H groups in total. The van der Waals surface area contributed by atoms with Gasteiger partial charge in [0, 0.05) is 0 Å². The second-order valence-electron chi connectivity index (χ2n) is 1.37. The number of rotatable bonds is 4. The van der Waals surface area contributed by atoms with E-state index in [4.69, 9.17) is 5.26 Å². The SMILES string of the molecule is [CH2]COC(=O)COCC#N. The highest BCUT2D eigenvalue weighted by atomic mass is 16.6. The zero-order chi connectivity index (χ0) is 7.82. The Balaban J connectivity index is 3.15. The van der Waals surface area contributed by atoms with Crippen molar-refractivity contribution in [3.05, 3.63) is 6.92 Å². The summed E-state index contributed by atoms with van der Waals surface area (Å²) in [6.45, 7) is 3.11. The molecule has 0 saturated carbocycles. The van der Waals surface area contributed by atoms with E-state index in [0.717, 1.165) is 0 Å². The molecule has 0 aliphatic rings. The topological polar surface area (TPSA) is 59.3 Å². The van der Waals surface area contributed by atoms with Crippen molar-refractivity contribution in [2.45, 2.75) is 0 Å². The number of nitrogens with zero attached hydrogens (tertiary/aromatic N) is 1. The fourth-order valence-electron chi connectivity index (χ4n) is 0.336. The molecule has 0 spiro atoms. The zero-order valence-electron chi connectivity index (χ0n) is 5.50. The van der Waals surface area contributed by atoms with E-state index in [2.05, 4.69) is 16.4 Å². The summed E-state index contributed by atoms with van der Waals surface area (Å²) in [6.07, 6.45) is 0. The van der Waals surface area contributed by atoms with Crippen molar-refractivity contribution in [3.8, 4) is 6.07 Å². The maximum absolute atomic E-state index is 10.4. The van der Waals surface area contributed by atoms with Crippen molar-refractivity contribution in [3.63, 3.8) is 0 Å². The number of esters is 1. The Morgan fingerprint density at radius 1 is 1.70 bits per heavy atom. The lowest BCUT2D eigenvalue weighted by Gasteiger charge is -1.98. The van der Waals surface area contributed by atoms with Gasteiger partial charge in [-0.1, -0.05) is 0 Å². The lowest BCUT2D eigenvalue weighted by Crippen LogP contribution is -2.12. The lowest BCUT2D eigenvalue weighted by atomic mass is 10.7. The number of carbonyl (C=O) groups excluding carboxylic acids is 1. The number of ether oxygens (including phenoxy) is 2. The van der Waals surface area contributed by atoms with Crippen LogP contribution in [0, 0.1) is 18.3 Å². The summed E-state index contributed by atoms with van der Waals surface area (Å²) >= 11 is 0. The molecule has 0 heterocycles. The highest BCUT2D eigenvalue weighted by molar-refractivity contribution is 5.70. The van der Waals surface area contributed by atoms with E-state index in [1.165, 1.54) is 0 Å². The number of nitriles is 1. The van der Waals surface area contributed by atoms with Crippen LogP contribution >= 0.6 is 0 Å². The van der Waals surface area contributed by atoms with Gasteiger partial charge in [0.05, 0.1) is 12.7 Å². The average Bonchev–Trinajstić information content (AvgIpc) is 1.89. The predicted octanol–water partition coefficient (Wildman–Crippen LogP) is -0.0961. The van der Waals surface area contributed by atoms with E-state index in [0.29, 0.717) is 0 Å². The molecule has 1 radical (unpaired) electrons. The van der Waals surface area contributed by atoms with Crippen LogP contribution in [-0.2, 0) is 14.3 Å². The molecular weight excluding hydrogens is 134 g/mol. The molecule has 0 aromatic carbocycles. The fourth-order valence-corrected chi connectivity index (χ4v) is 0.336. The molecule has 10 heavy (non-hydrogen) atoms. The first-order valence-electron chi connectivity index (χ1n) is 2.70. The van der Waals surface area contributed by atoms with Gasteiger partial charge in [-0.2, -0.15) is 5.26 Å². The van der Waals surface area contributed by atoms with Crippen molar-refractivity contribution in [2.75, 3.05) is 19.8 Å². The van der Waals surface area contributed by atoms with Gasteiger partial charge in [-0.15, -0.1) is 0 Å². The highest BCUT2D eigenvalue weighted by Crippen LogP contribution is 1.79. The summed E-state index contributed by atoms with van der Waals surface area (Å²) in [5.74, 6) is -0.495. The number of carbonyl (C=O) groups is 1. The van der Waals surface area contributed by atoms with Crippen LogP contribution in [0.25, 0.3) is 0 Å². The van der Waals surface area contributed by atoms with Crippen molar-refractivity contribution in [1.82, 2.24) is 0 Å². The largest absolute Gasteiger partial charge is 0.464 e. The van der Waals surface area contributed by atoms with Gasteiger partial charge in [-0.3, -0.25) is 0 Å². The molecule has 0 rings (SSSR count). The first-order valence-corrected chi connectivity index (χ1v) is 2.70. The third-order valence-electron chi connectivity index (χ3n) is 0.650. The molecule has 0 amide bonds. The number of hydrogen-bond acceptors (Lipinski definition) is 4. The van der Waals surface area contributed by atoms with E-state index >= 15 is 0 Å². The monoisotopic (exact) mass is 142 g/mol. The summed E-state index contributed by atoms with van der Waals surface area (Å²) in [5.41, 5.74) is 0. The summed E-state index contributed by atoms with van der Waals surface area (Å²) in [7, 11) is 0. The highest BCUT2D eigenvalue weighted by Gasteiger charge is 1.98. The Morgan fingerprint density at radius 2 is 2.40 bits per heavy atom. The minimum Gasteiger partial charge on any atom is -0.464 e. The lowest BCUT2D eigenvalue weighted by molar-refractivity contribution is -0.147. The van der Waals surface area contributed by atoms with Crippen LogP contribution in [0.2, 0.25) is 0 Å². The smallest absolute Gasteiger partial charge is 0.332 e. The Labute approximate surface area is 59.3 Å². The first-order chi connectivity index (χ1) is 4.81. The van der Waals surface area contributed by atoms with Gasteiger partial charge in [0.2, 0.25) is 0 Å². The van der Waals surface area contributed by atoms with Crippen LogP contribution in [-0.4, -0.2) is 25.8 Å². The summed E-state index contributed by atoms with van der Waals surface area (Å²) in [5, 5.41) is 7.97. The molecule has 0 bridgehead atoms. The molecule has 0 saturated heterocycles. The maximum Gasteiger partial charge on any atom is 0.332 e. The zero-order valence-corrected chi connectivity index (χ0v) is 5.50. The van der Waals surface area contributed by atoms with Crippen molar-refractivity contribution >= 4 is 5.97 Å². The third-order valence-corrected chi connectivity index (χ3v) is 0.650. The molecule has 0 atom stereocenters. The standard InChI is InChI=1S/C6H8NO3/c1-2-10-6(8)5-9-4-3-7/h1-2,4-5H2. The average molecular weight is 142 g/mol. The van der Waals surface area contributed by atoms with Gasteiger partial charge < -0.3 is 9.47 Å². The Morgan fingerprint density at radius 3 is 2.90 bits per heavy atom. The second-order valence-corrected chi connectivity index (χ2v) is 1.37. The Kier molecular flexibility index (Phi) is 5.39. The fraction of sp³-hybridized carbons (Fsp3) is 0.500. The van der Waals surface area contributed by atoms with Crippen LogP contribution in [0.1, 0.15) is 0 Å². The van der Waals surface area contributed by atoms with Gasteiger partial charge in [0.1, 0.15) is 13.2 Å². The molecule has 0 aliphatic heterocycles. The van der Waals surface area contributed by atoms with Crippen LogP contribution in [0.5, 0.6) is 0 Å². The Hall–Kier alpha value is -1.08. The van der Waals surface area contributed by atoms with Crippen molar-refractivity contribution in [1.29, 1.82) is 5.26 Å².